The summed E-state index contributed by atoms with van der Waals surface area (Å²) in [6.45, 7) is 4.66. The van der Waals surface area contributed by atoms with Gasteiger partial charge in [-0.3, -0.25) is 9.78 Å². The summed E-state index contributed by atoms with van der Waals surface area (Å²) >= 11 is 7.82. The average Bonchev–Trinajstić information content (AvgIpc) is 3.22. The SMILES string of the molecule is Cc1ccc(NC(=O)c2ccc(Cn3c(SCc4cccc(Cl)c4)nc4ccncc43)cc2)c(C)c1. The molecular weight excluding hydrogens is 488 g/mol. The molecular formula is C29H25ClN4OS. The van der Waals surface area contributed by atoms with Crippen molar-refractivity contribution in [2.45, 2.75) is 31.3 Å². The number of fused-ring (bicyclic) bond motifs is 1. The molecule has 2 heterocycles. The van der Waals surface area contributed by atoms with Gasteiger partial charge in [0.25, 0.3) is 5.91 Å². The maximum atomic E-state index is 12.8. The Labute approximate surface area is 219 Å². The largest absolute Gasteiger partial charge is 0.322 e. The van der Waals surface area contributed by atoms with Crippen LogP contribution in [0.1, 0.15) is 32.6 Å². The van der Waals surface area contributed by atoms with E-state index in [1.54, 1.807) is 18.0 Å². The Balaban J connectivity index is 1.34. The molecule has 0 aliphatic heterocycles. The number of halogens is 1. The van der Waals surface area contributed by atoms with Crippen LogP contribution < -0.4 is 5.32 Å². The maximum Gasteiger partial charge on any atom is 0.255 e. The van der Waals surface area contributed by atoms with Crippen molar-refractivity contribution in [1.29, 1.82) is 0 Å². The van der Waals surface area contributed by atoms with Crippen molar-refractivity contribution >= 4 is 46.0 Å². The van der Waals surface area contributed by atoms with E-state index in [9.17, 15) is 4.79 Å². The number of rotatable bonds is 7. The van der Waals surface area contributed by atoms with Gasteiger partial charge in [0.2, 0.25) is 0 Å². The molecule has 0 aliphatic carbocycles. The highest BCUT2D eigenvalue weighted by Crippen LogP contribution is 2.28. The van der Waals surface area contributed by atoms with Gasteiger partial charge in [0.05, 0.1) is 23.8 Å². The number of carbonyl (C=O) groups excluding carboxylic acids is 1. The van der Waals surface area contributed by atoms with Crippen LogP contribution in [0.4, 0.5) is 5.69 Å². The van der Waals surface area contributed by atoms with Crippen LogP contribution in [0.25, 0.3) is 11.0 Å². The lowest BCUT2D eigenvalue weighted by Gasteiger charge is -2.11. The van der Waals surface area contributed by atoms with E-state index in [1.807, 2.05) is 80.7 Å². The van der Waals surface area contributed by atoms with E-state index >= 15 is 0 Å². The average molecular weight is 513 g/mol. The number of nitrogens with one attached hydrogen (secondary N) is 1. The molecule has 7 heteroatoms. The van der Waals surface area contributed by atoms with Gasteiger partial charge >= 0.3 is 0 Å². The van der Waals surface area contributed by atoms with Crippen molar-refractivity contribution in [3.63, 3.8) is 0 Å². The Morgan fingerprint density at radius 1 is 1.00 bits per heavy atom. The number of amides is 1. The molecule has 1 amide bonds. The number of hydrogen-bond donors (Lipinski definition) is 1. The number of pyridine rings is 1. The third-order valence-corrected chi connectivity index (χ3v) is 7.24. The lowest BCUT2D eigenvalue weighted by molar-refractivity contribution is 0.102. The molecule has 5 aromatic rings. The zero-order valence-corrected chi connectivity index (χ0v) is 21.6. The molecule has 0 unspecified atom stereocenters. The van der Waals surface area contributed by atoms with Gasteiger partial charge in [-0.2, -0.15) is 0 Å². The molecule has 36 heavy (non-hydrogen) atoms. The number of aryl methyl sites for hydroxylation is 2. The van der Waals surface area contributed by atoms with Gasteiger partial charge in [-0.05, 0) is 66.9 Å². The van der Waals surface area contributed by atoms with Crippen LogP contribution in [0.3, 0.4) is 0 Å². The van der Waals surface area contributed by atoms with E-state index in [0.717, 1.165) is 49.3 Å². The highest BCUT2D eigenvalue weighted by Gasteiger charge is 2.13. The van der Waals surface area contributed by atoms with Gasteiger partial charge in [-0.25, -0.2) is 4.98 Å². The Morgan fingerprint density at radius 3 is 2.61 bits per heavy atom. The lowest BCUT2D eigenvalue weighted by Crippen LogP contribution is -2.13. The lowest BCUT2D eigenvalue weighted by atomic mass is 10.1. The van der Waals surface area contributed by atoms with Gasteiger partial charge in [-0.1, -0.05) is 65.3 Å². The summed E-state index contributed by atoms with van der Waals surface area (Å²) in [7, 11) is 0. The van der Waals surface area contributed by atoms with E-state index in [0.29, 0.717) is 12.1 Å². The third kappa shape index (κ3) is 5.45. The van der Waals surface area contributed by atoms with Crippen molar-refractivity contribution in [2.75, 3.05) is 5.32 Å². The van der Waals surface area contributed by atoms with E-state index < -0.39 is 0 Å². The molecule has 1 N–H and O–H groups in total. The van der Waals surface area contributed by atoms with E-state index in [1.165, 1.54) is 5.56 Å². The van der Waals surface area contributed by atoms with Crippen LogP contribution in [-0.2, 0) is 12.3 Å². The molecule has 180 valence electrons. The van der Waals surface area contributed by atoms with Crippen LogP contribution in [0.5, 0.6) is 0 Å². The molecule has 0 saturated carbocycles. The van der Waals surface area contributed by atoms with E-state index in [2.05, 4.69) is 27.0 Å². The second-order valence-corrected chi connectivity index (χ2v) is 10.1. The molecule has 5 nitrogen and oxygen atoms in total. The summed E-state index contributed by atoms with van der Waals surface area (Å²) < 4.78 is 2.17. The summed E-state index contributed by atoms with van der Waals surface area (Å²) in [4.78, 5) is 22.0. The van der Waals surface area contributed by atoms with E-state index in [-0.39, 0.29) is 5.91 Å². The number of thioether (sulfide) groups is 1. The predicted molar refractivity (Wildman–Crippen MR) is 148 cm³/mol. The first-order chi connectivity index (χ1) is 17.5. The molecule has 0 aliphatic rings. The smallest absolute Gasteiger partial charge is 0.255 e. The summed E-state index contributed by atoms with van der Waals surface area (Å²) in [6.07, 6.45) is 3.60. The highest BCUT2D eigenvalue weighted by atomic mass is 35.5. The fraction of sp³-hybridized carbons (Fsp3) is 0.138. The molecule has 3 aromatic carbocycles. The zero-order valence-electron chi connectivity index (χ0n) is 20.0. The van der Waals surface area contributed by atoms with E-state index in [4.69, 9.17) is 16.6 Å². The first kappa shape index (κ1) is 24.1. The molecule has 0 spiro atoms. The summed E-state index contributed by atoms with van der Waals surface area (Å²) in [5.74, 6) is 0.637. The van der Waals surface area contributed by atoms with Gasteiger partial charge < -0.3 is 9.88 Å². The molecule has 0 radical (unpaired) electrons. The first-order valence-corrected chi connectivity index (χ1v) is 13.0. The minimum absolute atomic E-state index is 0.122. The van der Waals surface area contributed by atoms with Crippen LogP contribution in [0.2, 0.25) is 5.02 Å². The van der Waals surface area contributed by atoms with Crippen LogP contribution in [0, 0.1) is 13.8 Å². The highest BCUT2D eigenvalue weighted by molar-refractivity contribution is 7.98. The van der Waals surface area contributed by atoms with Gasteiger partial charge in [0.1, 0.15) is 0 Å². The van der Waals surface area contributed by atoms with Crippen molar-refractivity contribution in [3.05, 3.63) is 118 Å². The molecule has 0 bridgehead atoms. The molecule has 5 rings (SSSR count). The Morgan fingerprint density at radius 2 is 1.83 bits per heavy atom. The van der Waals surface area contributed by atoms with Crippen LogP contribution >= 0.6 is 23.4 Å². The van der Waals surface area contributed by atoms with Crippen LogP contribution in [-0.4, -0.2) is 20.4 Å². The molecule has 2 aromatic heterocycles. The molecule has 0 atom stereocenters. The molecule has 0 saturated heterocycles. The second-order valence-electron chi connectivity index (χ2n) is 8.73. The van der Waals surface area contributed by atoms with Crippen molar-refractivity contribution < 1.29 is 4.79 Å². The van der Waals surface area contributed by atoms with Gasteiger partial charge in [0, 0.05) is 28.2 Å². The van der Waals surface area contributed by atoms with Crippen LogP contribution in [0.15, 0.2) is 90.3 Å². The number of anilines is 1. The third-order valence-electron chi connectivity index (χ3n) is 5.96. The number of nitrogens with zero attached hydrogens (tertiary/aromatic N) is 3. The Kier molecular flexibility index (Phi) is 7.07. The topological polar surface area (TPSA) is 59.8 Å². The monoisotopic (exact) mass is 512 g/mol. The Hall–Kier alpha value is -3.61. The Bertz CT molecular complexity index is 1550. The van der Waals surface area contributed by atoms with Crippen molar-refractivity contribution in [1.82, 2.24) is 14.5 Å². The first-order valence-electron chi connectivity index (χ1n) is 11.6. The summed E-state index contributed by atoms with van der Waals surface area (Å²) in [5, 5.41) is 4.65. The van der Waals surface area contributed by atoms with Gasteiger partial charge in [0.15, 0.2) is 5.16 Å². The second kappa shape index (κ2) is 10.6. The minimum atomic E-state index is -0.122. The zero-order chi connectivity index (χ0) is 25.1. The normalized spacial score (nSPS) is 11.1. The number of carbonyl (C=O) groups is 1. The summed E-state index contributed by atoms with van der Waals surface area (Å²) in [5.41, 5.74) is 7.76. The maximum absolute atomic E-state index is 12.8. The number of imidazole rings is 1. The minimum Gasteiger partial charge on any atom is -0.322 e. The standard InChI is InChI=1S/C29H25ClN4OS/c1-19-6-11-25(20(2)14-19)32-28(35)23-9-7-21(8-10-23)17-34-27-16-31-13-12-26(27)33-29(34)36-18-22-4-3-5-24(30)15-22/h3-16H,17-18H2,1-2H3,(H,32,35). The number of aromatic nitrogens is 3. The number of benzene rings is 3. The van der Waals surface area contributed by atoms with Crippen molar-refractivity contribution in [2.24, 2.45) is 0 Å². The quantitative estimate of drug-likeness (QED) is 0.232. The molecule has 0 fully saturated rings. The predicted octanol–water partition coefficient (Wildman–Crippen LogP) is 7.29. The fourth-order valence-electron chi connectivity index (χ4n) is 4.08. The number of hydrogen-bond acceptors (Lipinski definition) is 4. The fourth-order valence-corrected chi connectivity index (χ4v) is 5.25. The van der Waals surface area contributed by atoms with Crippen molar-refractivity contribution in [3.8, 4) is 0 Å². The summed E-state index contributed by atoms with van der Waals surface area (Å²) in [6, 6.07) is 23.5. The van der Waals surface area contributed by atoms with Gasteiger partial charge in [-0.15, -0.1) is 0 Å².